The van der Waals surface area contributed by atoms with Crippen molar-refractivity contribution in [1.29, 1.82) is 0 Å². The van der Waals surface area contributed by atoms with Gasteiger partial charge in [-0.25, -0.2) is 9.69 Å². The molecule has 1 aliphatic heterocycles. The van der Waals surface area contributed by atoms with Gasteiger partial charge in [0, 0.05) is 25.9 Å². The molecular formula is C20H18N4O4. The number of carbonyl (C=O) groups is 4. The third kappa shape index (κ3) is 3.80. The summed E-state index contributed by atoms with van der Waals surface area (Å²) in [5.74, 6) is -2.79. The summed E-state index contributed by atoms with van der Waals surface area (Å²) in [5.41, 5.74) is 1.33. The Bertz CT molecular complexity index is 952. The van der Waals surface area contributed by atoms with Crippen LogP contribution in [0.1, 0.15) is 10.4 Å². The molecule has 1 saturated heterocycles. The molecule has 0 aliphatic carbocycles. The Balaban J connectivity index is 1.80. The molecule has 2 aromatic carbocycles. The molecule has 1 fully saturated rings. The van der Waals surface area contributed by atoms with Crippen LogP contribution in [0.2, 0.25) is 0 Å². The second-order valence-corrected chi connectivity index (χ2v) is 6.31. The molecule has 3 rings (SSSR count). The molecule has 1 heterocycles. The van der Waals surface area contributed by atoms with E-state index in [0.717, 1.165) is 4.90 Å². The number of carbonyl (C=O) groups excluding carboxylic acids is 4. The highest BCUT2D eigenvalue weighted by atomic mass is 16.2. The van der Waals surface area contributed by atoms with E-state index in [9.17, 15) is 19.2 Å². The first-order valence-corrected chi connectivity index (χ1v) is 8.48. The average Bonchev–Trinajstić information content (AvgIpc) is 2.68. The Morgan fingerprint density at radius 2 is 1.68 bits per heavy atom. The maximum atomic E-state index is 12.7. The fourth-order valence-corrected chi connectivity index (χ4v) is 2.65. The highest BCUT2D eigenvalue weighted by molar-refractivity contribution is 6.32. The van der Waals surface area contributed by atoms with E-state index < -0.39 is 23.8 Å². The fourth-order valence-electron chi connectivity index (χ4n) is 2.65. The Morgan fingerprint density at radius 1 is 1.04 bits per heavy atom. The number of hydrogen-bond acceptors (Lipinski definition) is 5. The monoisotopic (exact) mass is 378 g/mol. The van der Waals surface area contributed by atoms with Crippen LogP contribution in [0.5, 0.6) is 0 Å². The molecule has 0 aromatic heterocycles. The van der Waals surface area contributed by atoms with Crippen molar-refractivity contribution in [1.82, 2.24) is 10.2 Å². The van der Waals surface area contributed by atoms with Crippen LogP contribution in [-0.4, -0.2) is 49.0 Å². The van der Waals surface area contributed by atoms with E-state index in [0.29, 0.717) is 16.9 Å². The van der Waals surface area contributed by atoms with Crippen LogP contribution in [-0.2, 0) is 9.59 Å². The van der Waals surface area contributed by atoms with Crippen molar-refractivity contribution in [3.8, 4) is 0 Å². The van der Waals surface area contributed by atoms with E-state index in [4.69, 9.17) is 0 Å². The van der Waals surface area contributed by atoms with Crippen LogP contribution in [0.25, 0.3) is 0 Å². The molecule has 0 spiro atoms. The number of amides is 5. The second-order valence-electron chi connectivity index (χ2n) is 6.31. The van der Waals surface area contributed by atoms with Crippen LogP contribution >= 0.6 is 0 Å². The van der Waals surface area contributed by atoms with Crippen LogP contribution < -0.4 is 10.2 Å². The Kier molecular flexibility index (Phi) is 5.30. The van der Waals surface area contributed by atoms with E-state index in [-0.39, 0.29) is 5.91 Å². The van der Waals surface area contributed by atoms with Gasteiger partial charge in [-0.3, -0.25) is 24.7 Å². The lowest BCUT2D eigenvalue weighted by Gasteiger charge is -2.28. The number of barbiturate groups is 1. The molecule has 1 aliphatic rings. The first-order valence-electron chi connectivity index (χ1n) is 8.48. The van der Waals surface area contributed by atoms with Gasteiger partial charge in [-0.05, 0) is 36.4 Å². The highest BCUT2D eigenvalue weighted by Gasteiger charge is 2.40. The minimum absolute atomic E-state index is 0.144. The molecule has 5 amide bonds. The standard InChI is InChI=1S/C20H18N4O4/c1-23(2)18(26)13-8-10-14(11-9-13)21-12-16-17(25)22-20(28)24(19(16)27)15-6-4-3-5-7-15/h3-12,16H,1-2H3,(H,22,25,28). The minimum Gasteiger partial charge on any atom is -0.345 e. The van der Waals surface area contributed by atoms with Crippen molar-refractivity contribution in [3.63, 3.8) is 0 Å². The first kappa shape index (κ1) is 19.0. The summed E-state index contributed by atoms with van der Waals surface area (Å²) in [7, 11) is 3.31. The largest absolute Gasteiger partial charge is 0.345 e. The molecule has 142 valence electrons. The van der Waals surface area contributed by atoms with Gasteiger partial charge in [0.25, 0.3) is 11.8 Å². The second kappa shape index (κ2) is 7.83. The van der Waals surface area contributed by atoms with Crippen molar-refractivity contribution < 1.29 is 19.2 Å². The molecule has 28 heavy (non-hydrogen) atoms. The van der Waals surface area contributed by atoms with Gasteiger partial charge in [0.1, 0.15) is 0 Å². The van der Waals surface area contributed by atoms with Crippen LogP contribution in [0.4, 0.5) is 16.2 Å². The number of urea groups is 1. The minimum atomic E-state index is -1.24. The van der Waals surface area contributed by atoms with Crippen molar-refractivity contribution >= 4 is 41.3 Å². The van der Waals surface area contributed by atoms with Gasteiger partial charge in [-0.15, -0.1) is 0 Å². The van der Waals surface area contributed by atoms with E-state index in [1.54, 1.807) is 68.7 Å². The van der Waals surface area contributed by atoms with Crippen LogP contribution in [0.3, 0.4) is 0 Å². The van der Waals surface area contributed by atoms with Gasteiger partial charge >= 0.3 is 6.03 Å². The summed E-state index contributed by atoms with van der Waals surface area (Å²) >= 11 is 0. The van der Waals surface area contributed by atoms with E-state index in [2.05, 4.69) is 10.3 Å². The number of rotatable bonds is 4. The van der Waals surface area contributed by atoms with Gasteiger partial charge in [-0.2, -0.15) is 0 Å². The number of aliphatic imine (C=N–C) groups is 1. The van der Waals surface area contributed by atoms with E-state index in [1.165, 1.54) is 11.1 Å². The lowest BCUT2D eigenvalue weighted by molar-refractivity contribution is -0.131. The lowest BCUT2D eigenvalue weighted by atomic mass is 10.1. The maximum Gasteiger partial charge on any atom is 0.335 e. The first-order chi connectivity index (χ1) is 13.4. The topological polar surface area (TPSA) is 99.2 Å². The number of nitrogens with zero attached hydrogens (tertiary/aromatic N) is 3. The Hall–Kier alpha value is -3.81. The number of para-hydroxylation sites is 1. The highest BCUT2D eigenvalue weighted by Crippen LogP contribution is 2.20. The fraction of sp³-hybridized carbons (Fsp3) is 0.150. The molecule has 1 N–H and O–H groups in total. The lowest BCUT2D eigenvalue weighted by Crippen LogP contribution is -2.58. The average molecular weight is 378 g/mol. The van der Waals surface area contributed by atoms with Gasteiger partial charge < -0.3 is 4.90 Å². The third-order valence-electron chi connectivity index (χ3n) is 4.11. The number of imide groups is 2. The summed E-state index contributed by atoms with van der Waals surface area (Å²) in [6.45, 7) is 0. The maximum absolute atomic E-state index is 12.7. The smallest absolute Gasteiger partial charge is 0.335 e. The van der Waals surface area contributed by atoms with Crippen LogP contribution in [0, 0.1) is 5.92 Å². The van der Waals surface area contributed by atoms with Gasteiger partial charge in [0.15, 0.2) is 5.92 Å². The zero-order valence-electron chi connectivity index (χ0n) is 15.3. The number of benzene rings is 2. The molecule has 0 bridgehead atoms. The normalized spacial score (nSPS) is 17.0. The third-order valence-corrected chi connectivity index (χ3v) is 4.11. The Labute approximate surface area is 161 Å². The zero-order chi connectivity index (χ0) is 20.3. The number of nitrogens with one attached hydrogen (secondary N) is 1. The van der Waals surface area contributed by atoms with Crippen LogP contribution in [0.15, 0.2) is 59.6 Å². The summed E-state index contributed by atoms with van der Waals surface area (Å²) in [5, 5.41) is 2.17. The molecule has 1 unspecified atom stereocenters. The predicted molar refractivity (Wildman–Crippen MR) is 104 cm³/mol. The van der Waals surface area contributed by atoms with Crippen molar-refractivity contribution in [2.75, 3.05) is 19.0 Å². The molecule has 0 radical (unpaired) electrons. The molecule has 2 aromatic rings. The summed E-state index contributed by atoms with van der Waals surface area (Å²) in [6, 6.07) is 14.0. The quantitative estimate of drug-likeness (QED) is 0.650. The predicted octanol–water partition coefficient (Wildman–Crippen LogP) is 1.99. The zero-order valence-corrected chi connectivity index (χ0v) is 15.3. The van der Waals surface area contributed by atoms with Crippen molar-refractivity contribution in [2.24, 2.45) is 10.9 Å². The molecular weight excluding hydrogens is 360 g/mol. The molecule has 8 nitrogen and oxygen atoms in total. The molecule has 1 atom stereocenters. The van der Waals surface area contributed by atoms with E-state index in [1.807, 2.05) is 0 Å². The molecule has 8 heteroatoms. The number of anilines is 1. The summed E-state index contributed by atoms with van der Waals surface area (Å²) in [6.07, 6.45) is 1.20. The van der Waals surface area contributed by atoms with Crippen molar-refractivity contribution in [3.05, 3.63) is 60.2 Å². The van der Waals surface area contributed by atoms with Crippen molar-refractivity contribution in [2.45, 2.75) is 0 Å². The van der Waals surface area contributed by atoms with Gasteiger partial charge in [0.05, 0.1) is 11.4 Å². The van der Waals surface area contributed by atoms with Gasteiger partial charge in [-0.1, -0.05) is 18.2 Å². The number of hydrogen-bond donors (Lipinski definition) is 1. The summed E-state index contributed by atoms with van der Waals surface area (Å²) < 4.78 is 0. The Morgan fingerprint density at radius 3 is 2.29 bits per heavy atom. The van der Waals surface area contributed by atoms with E-state index >= 15 is 0 Å². The molecule has 0 saturated carbocycles. The SMILES string of the molecule is CN(C)C(=O)c1ccc(N=CC2C(=O)NC(=O)N(c3ccccc3)C2=O)cc1. The van der Waals surface area contributed by atoms with Gasteiger partial charge in [0.2, 0.25) is 5.91 Å². The summed E-state index contributed by atoms with van der Waals surface area (Å²) in [4.78, 5) is 55.3.